The molecule has 1 aliphatic heterocycles. The molecule has 0 spiro atoms. The lowest BCUT2D eigenvalue weighted by Crippen LogP contribution is -2.59. The number of benzene rings is 3. The molecule has 1 aliphatic rings. The van der Waals surface area contributed by atoms with Gasteiger partial charge in [0.25, 0.3) is 0 Å². The largest absolute Gasteiger partial charge is 0.497 e. The third kappa shape index (κ3) is 7.53. The van der Waals surface area contributed by atoms with E-state index in [9.17, 15) is 5.11 Å². The Balaban J connectivity index is 1.51. The highest BCUT2D eigenvalue weighted by atomic mass is 16.7. The van der Waals surface area contributed by atoms with E-state index in [1.165, 1.54) is 0 Å². The molecule has 5 atom stereocenters. The van der Waals surface area contributed by atoms with Crippen molar-refractivity contribution in [3.05, 3.63) is 112 Å². The number of azide groups is 1. The quantitative estimate of drug-likeness (QED) is 0.215. The SMILES string of the molecule is COc1ccc(COC[C@H]2OC(O)[C@@H](N=[N+]=[N-])[C@@H](OCc3ccccc3)[C@@H]2OCc2ccccc2)cc1. The van der Waals surface area contributed by atoms with Crippen molar-refractivity contribution >= 4 is 0 Å². The van der Waals surface area contributed by atoms with Crippen molar-refractivity contribution in [3.8, 4) is 5.75 Å². The first kappa shape index (κ1) is 26.6. The molecule has 9 heteroatoms. The van der Waals surface area contributed by atoms with E-state index in [1.807, 2.05) is 84.9 Å². The minimum atomic E-state index is -1.37. The summed E-state index contributed by atoms with van der Waals surface area (Å²) in [7, 11) is 1.62. The second-order valence-electron chi connectivity index (χ2n) is 8.65. The van der Waals surface area contributed by atoms with Gasteiger partial charge in [-0.3, -0.25) is 0 Å². The van der Waals surface area contributed by atoms with E-state index in [2.05, 4.69) is 10.0 Å². The van der Waals surface area contributed by atoms with Crippen LogP contribution >= 0.6 is 0 Å². The number of aliphatic hydroxyl groups excluding tert-OH is 1. The highest BCUT2D eigenvalue weighted by Gasteiger charge is 2.46. The van der Waals surface area contributed by atoms with Gasteiger partial charge in [-0.25, -0.2) is 0 Å². The Morgan fingerprint density at radius 1 is 0.811 bits per heavy atom. The van der Waals surface area contributed by atoms with Crippen molar-refractivity contribution in [2.75, 3.05) is 13.7 Å². The lowest BCUT2D eigenvalue weighted by molar-refractivity contribution is -0.273. The minimum absolute atomic E-state index is 0.136. The molecule has 37 heavy (non-hydrogen) atoms. The van der Waals surface area contributed by atoms with E-state index in [1.54, 1.807) is 7.11 Å². The first-order chi connectivity index (χ1) is 18.2. The first-order valence-corrected chi connectivity index (χ1v) is 12.1. The first-order valence-electron chi connectivity index (χ1n) is 12.1. The minimum Gasteiger partial charge on any atom is -0.497 e. The van der Waals surface area contributed by atoms with Gasteiger partial charge in [-0.05, 0) is 34.4 Å². The Kier molecular flexibility index (Phi) is 9.90. The second-order valence-corrected chi connectivity index (χ2v) is 8.65. The van der Waals surface area contributed by atoms with E-state index < -0.39 is 30.6 Å². The normalized spacial score (nSPS) is 23.2. The molecule has 0 aromatic heterocycles. The Morgan fingerprint density at radius 3 is 1.95 bits per heavy atom. The molecule has 1 N–H and O–H groups in total. The van der Waals surface area contributed by atoms with Gasteiger partial charge in [0.15, 0.2) is 6.29 Å². The number of nitrogens with zero attached hydrogens (tertiary/aromatic N) is 3. The van der Waals surface area contributed by atoms with Gasteiger partial charge in [0.2, 0.25) is 0 Å². The lowest BCUT2D eigenvalue weighted by atomic mass is 9.96. The third-order valence-electron chi connectivity index (χ3n) is 6.10. The average Bonchev–Trinajstić information content (AvgIpc) is 2.94. The molecule has 1 fully saturated rings. The fourth-order valence-electron chi connectivity index (χ4n) is 4.17. The van der Waals surface area contributed by atoms with Gasteiger partial charge in [0.1, 0.15) is 30.1 Å². The van der Waals surface area contributed by atoms with Crippen molar-refractivity contribution in [1.82, 2.24) is 0 Å². The van der Waals surface area contributed by atoms with E-state index in [0.717, 1.165) is 22.4 Å². The summed E-state index contributed by atoms with van der Waals surface area (Å²) in [6, 6.07) is 25.9. The lowest BCUT2D eigenvalue weighted by Gasteiger charge is -2.43. The van der Waals surface area contributed by atoms with Crippen LogP contribution in [0.15, 0.2) is 90.0 Å². The van der Waals surface area contributed by atoms with E-state index >= 15 is 0 Å². The maximum Gasteiger partial charge on any atom is 0.166 e. The molecule has 3 aromatic carbocycles. The second kappa shape index (κ2) is 13.8. The van der Waals surface area contributed by atoms with Crippen molar-refractivity contribution in [2.45, 2.75) is 50.5 Å². The van der Waals surface area contributed by atoms with Crippen LogP contribution in [0, 0.1) is 0 Å². The Labute approximate surface area is 216 Å². The van der Waals surface area contributed by atoms with Gasteiger partial charge >= 0.3 is 0 Å². The zero-order valence-corrected chi connectivity index (χ0v) is 20.6. The summed E-state index contributed by atoms with van der Waals surface area (Å²) < 4.78 is 29.5. The predicted octanol–water partition coefficient (Wildman–Crippen LogP) is 4.78. The van der Waals surface area contributed by atoms with Crippen LogP contribution in [0.4, 0.5) is 0 Å². The van der Waals surface area contributed by atoms with Crippen LogP contribution in [0.25, 0.3) is 10.4 Å². The predicted molar refractivity (Wildman–Crippen MR) is 137 cm³/mol. The van der Waals surface area contributed by atoms with Crippen LogP contribution in [-0.2, 0) is 38.8 Å². The molecular weight excluding hydrogens is 474 g/mol. The summed E-state index contributed by atoms with van der Waals surface area (Å²) in [4.78, 5) is 2.92. The summed E-state index contributed by atoms with van der Waals surface area (Å²) in [6.45, 7) is 1.01. The zero-order valence-electron chi connectivity index (χ0n) is 20.6. The summed E-state index contributed by atoms with van der Waals surface area (Å²) in [5.41, 5.74) is 12.0. The van der Waals surface area contributed by atoms with Gasteiger partial charge in [-0.15, -0.1) is 0 Å². The molecule has 1 saturated heterocycles. The summed E-state index contributed by atoms with van der Waals surface area (Å²) in [6.07, 6.45) is -3.47. The smallest absolute Gasteiger partial charge is 0.166 e. The molecule has 0 radical (unpaired) electrons. The summed E-state index contributed by atoms with van der Waals surface area (Å²) >= 11 is 0. The fraction of sp³-hybridized carbons (Fsp3) is 0.357. The highest BCUT2D eigenvalue weighted by Crippen LogP contribution is 2.29. The number of hydrogen-bond donors (Lipinski definition) is 1. The number of hydrogen-bond acceptors (Lipinski definition) is 7. The van der Waals surface area contributed by atoms with Gasteiger partial charge in [0.05, 0.1) is 33.5 Å². The molecule has 1 heterocycles. The van der Waals surface area contributed by atoms with Crippen molar-refractivity contribution < 1.29 is 28.8 Å². The van der Waals surface area contributed by atoms with Gasteiger partial charge in [0, 0.05) is 4.91 Å². The maximum absolute atomic E-state index is 10.7. The Hall–Kier alpha value is -3.43. The van der Waals surface area contributed by atoms with Crippen LogP contribution in [0.2, 0.25) is 0 Å². The third-order valence-corrected chi connectivity index (χ3v) is 6.10. The molecule has 4 rings (SSSR count). The van der Waals surface area contributed by atoms with Crippen LogP contribution in [-0.4, -0.2) is 49.5 Å². The topological polar surface area (TPSA) is 115 Å². The monoisotopic (exact) mass is 505 g/mol. The molecule has 0 bridgehead atoms. The maximum atomic E-state index is 10.7. The van der Waals surface area contributed by atoms with E-state index in [4.69, 9.17) is 29.2 Å². The molecule has 1 unspecified atom stereocenters. The van der Waals surface area contributed by atoms with E-state index in [-0.39, 0.29) is 19.8 Å². The summed E-state index contributed by atoms with van der Waals surface area (Å²) in [5, 5.41) is 14.5. The van der Waals surface area contributed by atoms with Gasteiger partial charge in [-0.2, -0.15) is 0 Å². The van der Waals surface area contributed by atoms with Gasteiger partial charge in [-0.1, -0.05) is 77.9 Å². The van der Waals surface area contributed by atoms with Crippen LogP contribution < -0.4 is 4.74 Å². The number of aliphatic hydroxyl groups is 1. The zero-order chi connectivity index (χ0) is 25.9. The standard InChI is InChI=1S/C28H31N3O6/c1-33-23-14-12-22(13-15-23)16-34-19-24-26(35-17-20-8-4-2-5-9-20)27(25(30-31-29)28(32)37-24)36-18-21-10-6-3-7-11-21/h2-15,24-28,32H,16-19H2,1H3/t24-,25+,26-,27-,28?/m1/s1. The number of methoxy groups -OCH3 is 1. The fourth-order valence-corrected chi connectivity index (χ4v) is 4.17. The van der Waals surface area contributed by atoms with Gasteiger partial charge < -0.3 is 28.8 Å². The summed E-state index contributed by atoms with van der Waals surface area (Å²) in [5.74, 6) is 0.763. The van der Waals surface area contributed by atoms with Crippen LogP contribution in [0.1, 0.15) is 16.7 Å². The molecule has 194 valence electrons. The average molecular weight is 506 g/mol. The molecule has 0 amide bonds. The van der Waals surface area contributed by atoms with Crippen LogP contribution in [0.5, 0.6) is 5.75 Å². The molecule has 0 aliphatic carbocycles. The van der Waals surface area contributed by atoms with Crippen molar-refractivity contribution in [3.63, 3.8) is 0 Å². The molecule has 3 aromatic rings. The van der Waals surface area contributed by atoms with Crippen LogP contribution in [0.3, 0.4) is 0 Å². The Morgan fingerprint density at radius 2 is 1.38 bits per heavy atom. The molecule has 0 saturated carbocycles. The molecular formula is C28H31N3O6. The number of rotatable bonds is 12. The van der Waals surface area contributed by atoms with E-state index in [0.29, 0.717) is 6.61 Å². The highest BCUT2D eigenvalue weighted by molar-refractivity contribution is 5.26. The number of ether oxygens (including phenoxy) is 5. The van der Waals surface area contributed by atoms with Crippen molar-refractivity contribution in [1.29, 1.82) is 0 Å². The molecule has 9 nitrogen and oxygen atoms in total. The van der Waals surface area contributed by atoms with Crippen molar-refractivity contribution in [2.24, 2.45) is 5.11 Å². The Bertz CT molecular complexity index is 1130.